The Kier molecular flexibility index (Phi) is 4.28. The van der Waals surface area contributed by atoms with E-state index in [0.29, 0.717) is 5.82 Å². The zero-order chi connectivity index (χ0) is 16.5. The Bertz CT molecular complexity index is 580. The van der Waals surface area contributed by atoms with Gasteiger partial charge < -0.3 is 15.2 Å². The molecule has 1 aromatic heterocycles. The first kappa shape index (κ1) is 16.5. The third kappa shape index (κ3) is 2.99. The van der Waals surface area contributed by atoms with Crippen LogP contribution in [-0.4, -0.2) is 40.0 Å². The summed E-state index contributed by atoms with van der Waals surface area (Å²) in [5.74, 6) is -1.11. The Morgan fingerprint density at radius 1 is 1.36 bits per heavy atom. The van der Waals surface area contributed by atoms with Gasteiger partial charge in [-0.25, -0.2) is 0 Å². The lowest BCUT2D eigenvalue weighted by Gasteiger charge is -2.31. The summed E-state index contributed by atoms with van der Waals surface area (Å²) >= 11 is 0. The van der Waals surface area contributed by atoms with Crippen molar-refractivity contribution in [2.45, 2.75) is 39.0 Å². The molecule has 0 saturated carbocycles. The lowest BCUT2D eigenvalue weighted by atomic mass is 9.79. The Hall–Kier alpha value is -1.89. The number of anilines is 1. The van der Waals surface area contributed by atoms with Crippen LogP contribution in [0.2, 0.25) is 0 Å². The maximum absolute atomic E-state index is 12.6. The van der Waals surface area contributed by atoms with Crippen molar-refractivity contribution in [3.63, 3.8) is 0 Å². The summed E-state index contributed by atoms with van der Waals surface area (Å²) in [5, 5.41) is 16.6. The largest absolute Gasteiger partial charge is 0.480 e. The van der Waals surface area contributed by atoms with E-state index in [9.17, 15) is 14.7 Å². The number of carboxylic acids is 1. The molecule has 1 aliphatic rings. The summed E-state index contributed by atoms with van der Waals surface area (Å²) in [7, 11) is 1.72. The molecule has 7 nitrogen and oxygen atoms in total. The monoisotopic (exact) mass is 309 g/mol. The van der Waals surface area contributed by atoms with Crippen molar-refractivity contribution < 1.29 is 19.4 Å². The van der Waals surface area contributed by atoms with Crippen LogP contribution in [0.4, 0.5) is 5.82 Å². The molecule has 0 radical (unpaired) electrons. The van der Waals surface area contributed by atoms with E-state index in [2.05, 4.69) is 10.4 Å². The molecule has 1 fully saturated rings. The molecule has 0 unspecified atom stereocenters. The molecule has 1 amide bonds. The van der Waals surface area contributed by atoms with Gasteiger partial charge in [0.05, 0.1) is 5.69 Å². The van der Waals surface area contributed by atoms with Gasteiger partial charge in [0.15, 0.2) is 5.41 Å². The third-order valence-corrected chi connectivity index (χ3v) is 4.08. The Balaban J connectivity index is 2.24. The smallest absolute Gasteiger partial charge is 0.319 e. The molecule has 2 N–H and O–H groups in total. The van der Waals surface area contributed by atoms with E-state index < -0.39 is 17.3 Å². The first-order valence-corrected chi connectivity index (χ1v) is 7.34. The second-order valence-electron chi connectivity index (χ2n) is 6.74. The predicted molar refractivity (Wildman–Crippen MR) is 80.7 cm³/mol. The summed E-state index contributed by atoms with van der Waals surface area (Å²) in [4.78, 5) is 24.2. The second-order valence-corrected chi connectivity index (χ2v) is 6.74. The molecule has 2 rings (SSSR count). The average Bonchev–Trinajstić information content (AvgIpc) is 2.80. The van der Waals surface area contributed by atoms with Crippen LogP contribution < -0.4 is 5.32 Å². The molecule has 0 spiro atoms. The van der Waals surface area contributed by atoms with Gasteiger partial charge in [-0.15, -0.1) is 0 Å². The quantitative estimate of drug-likeness (QED) is 0.826. The van der Waals surface area contributed by atoms with Crippen molar-refractivity contribution in [3.8, 4) is 0 Å². The van der Waals surface area contributed by atoms with E-state index in [1.807, 2.05) is 20.8 Å². The minimum Gasteiger partial charge on any atom is -0.480 e. The van der Waals surface area contributed by atoms with Gasteiger partial charge >= 0.3 is 5.97 Å². The summed E-state index contributed by atoms with van der Waals surface area (Å²) in [6.45, 7) is 6.63. The van der Waals surface area contributed by atoms with Crippen LogP contribution in [0.25, 0.3) is 0 Å². The molecule has 2 heterocycles. The summed E-state index contributed by atoms with van der Waals surface area (Å²) < 4.78 is 6.75. The minimum absolute atomic E-state index is 0.149. The second kappa shape index (κ2) is 5.72. The highest BCUT2D eigenvalue weighted by molar-refractivity contribution is 6.08. The van der Waals surface area contributed by atoms with E-state index in [1.54, 1.807) is 17.8 Å². The molecule has 0 aliphatic carbocycles. The van der Waals surface area contributed by atoms with Gasteiger partial charge in [0.1, 0.15) is 5.82 Å². The van der Waals surface area contributed by atoms with Gasteiger partial charge in [-0.2, -0.15) is 5.10 Å². The van der Waals surface area contributed by atoms with Crippen molar-refractivity contribution in [1.82, 2.24) is 9.78 Å². The van der Waals surface area contributed by atoms with Gasteiger partial charge in [-0.3, -0.25) is 14.3 Å². The van der Waals surface area contributed by atoms with Gasteiger partial charge in [0.2, 0.25) is 5.91 Å². The van der Waals surface area contributed by atoms with Crippen molar-refractivity contribution in [2.75, 3.05) is 18.5 Å². The molecule has 1 aromatic rings. The molecule has 22 heavy (non-hydrogen) atoms. The fraction of sp³-hybridized carbons (Fsp3) is 0.667. The topological polar surface area (TPSA) is 93.5 Å². The van der Waals surface area contributed by atoms with Crippen LogP contribution in [-0.2, 0) is 26.8 Å². The molecular formula is C15H23N3O4. The van der Waals surface area contributed by atoms with Crippen LogP contribution in [0.15, 0.2) is 6.07 Å². The molecule has 0 atom stereocenters. The Labute approximate surface area is 129 Å². The third-order valence-electron chi connectivity index (χ3n) is 4.08. The van der Waals surface area contributed by atoms with Crippen molar-refractivity contribution in [1.29, 1.82) is 0 Å². The van der Waals surface area contributed by atoms with Gasteiger partial charge in [-0.05, 0) is 12.8 Å². The number of aryl methyl sites for hydroxylation is 1. The van der Waals surface area contributed by atoms with Crippen LogP contribution in [0, 0.1) is 5.41 Å². The number of ether oxygens (including phenoxy) is 1. The Morgan fingerprint density at radius 3 is 2.41 bits per heavy atom. The maximum atomic E-state index is 12.6. The SMILES string of the molecule is Cn1nc(C(C)(C)C)cc1NC(=O)C1(C(=O)O)CCOCC1. The Morgan fingerprint density at radius 2 is 1.95 bits per heavy atom. The zero-order valence-corrected chi connectivity index (χ0v) is 13.5. The number of amides is 1. The summed E-state index contributed by atoms with van der Waals surface area (Å²) in [5.41, 5.74) is -0.740. The van der Waals surface area contributed by atoms with E-state index >= 15 is 0 Å². The van der Waals surface area contributed by atoms with E-state index in [-0.39, 0.29) is 31.5 Å². The number of carboxylic acid groups (broad SMARTS) is 1. The number of hydrogen-bond acceptors (Lipinski definition) is 4. The first-order chi connectivity index (χ1) is 10.2. The first-order valence-electron chi connectivity index (χ1n) is 7.34. The number of aliphatic carboxylic acids is 1. The highest BCUT2D eigenvalue weighted by atomic mass is 16.5. The van der Waals surface area contributed by atoms with Crippen LogP contribution >= 0.6 is 0 Å². The van der Waals surface area contributed by atoms with Gasteiger partial charge in [0.25, 0.3) is 0 Å². The molecule has 1 aliphatic heterocycles. The van der Waals surface area contributed by atoms with E-state index in [4.69, 9.17) is 4.74 Å². The average molecular weight is 309 g/mol. The van der Waals surface area contributed by atoms with E-state index in [0.717, 1.165) is 5.69 Å². The molecular weight excluding hydrogens is 286 g/mol. The number of aromatic nitrogens is 2. The van der Waals surface area contributed by atoms with Crippen LogP contribution in [0.5, 0.6) is 0 Å². The zero-order valence-electron chi connectivity index (χ0n) is 13.5. The molecule has 7 heteroatoms. The lowest BCUT2D eigenvalue weighted by molar-refractivity contribution is -0.160. The lowest BCUT2D eigenvalue weighted by Crippen LogP contribution is -2.47. The standard InChI is InChI=1S/C15H23N3O4/c1-14(2,3)10-9-11(18(4)17-10)16-12(19)15(13(20)21)5-7-22-8-6-15/h9H,5-8H2,1-4H3,(H,16,19)(H,20,21). The maximum Gasteiger partial charge on any atom is 0.319 e. The fourth-order valence-corrected chi connectivity index (χ4v) is 2.44. The van der Waals surface area contributed by atoms with Gasteiger partial charge in [0, 0.05) is 31.7 Å². The predicted octanol–water partition coefficient (Wildman–Crippen LogP) is 1.54. The summed E-state index contributed by atoms with van der Waals surface area (Å²) in [6.07, 6.45) is 0.357. The molecule has 1 saturated heterocycles. The van der Waals surface area contributed by atoms with Gasteiger partial charge in [-0.1, -0.05) is 20.8 Å². The van der Waals surface area contributed by atoms with Crippen molar-refractivity contribution in [2.24, 2.45) is 12.5 Å². The summed E-state index contributed by atoms with van der Waals surface area (Å²) in [6, 6.07) is 1.78. The number of nitrogens with zero attached hydrogens (tertiary/aromatic N) is 2. The molecule has 0 aromatic carbocycles. The highest BCUT2D eigenvalue weighted by Gasteiger charge is 2.47. The fourth-order valence-electron chi connectivity index (χ4n) is 2.44. The number of carbonyl (C=O) groups excluding carboxylic acids is 1. The number of carbonyl (C=O) groups is 2. The highest BCUT2D eigenvalue weighted by Crippen LogP contribution is 2.33. The normalized spacial score (nSPS) is 18.0. The van der Waals surface area contributed by atoms with Crippen LogP contribution in [0.3, 0.4) is 0 Å². The van der Waals surface area contributed by atoms with Crippen LogP contribution in [0.1, 0.15) is 39.3 Å². The minimum atomic E-state index is -1.43. The van der Waals surface area contributed by atoms with Crippen molar-refractivity contribution in [3.05, 3.63) is 11.8 Å². The molecule has 0 bridgehead atoms. The van der Waals surface area contributed by atoms with E-state index in [1.165, 1.54) is 0 Å². The van der Waals surface area contributed by atoms with Crippen molar-refractivity contribution >= 4 is 17.7 Å². The number of hydrogen-bond donors (Lipinski definition) is 2. The number of nitrogens with one attached hydrogen (secondary N) is 1. The number of rotatable bonds is 3. The molecule has 122 valence electrons.